The van der Waals surface area contributed by atoms with Gasteiger partial charge in [-0.1, -0.05) is 23.5 Å². The van der Waals surface area contributed by atoms with Crippen molar-refractivity contribution < 1.29 is 9.18 Å². The molecule has 1 aliphatic rings. The highest BCUT2D eigenvalue weighted by Crippen LogP contribution is 2.25. The van der Waals surface area contributed by atoms with Crippen molar-refractivity contribution in [2.45, 2.75) is 19.8 Å². The molecular weight excluding hydrogens is 301 g/mol. The van der Waals surface area contributed by atoms with Crippen molar-refractivity contribution in [1.29, 1.82) is 0 Å². The van der Waals surface area contributed by atoms with Crippen molar-refractivity contribution in [3.8, 4) is 0 Å². The number of nitrogen functional groups attached to an aromatic ring is 1. The SMILES string of the molecule is Cc1cc(CC2CCN(C(=O)c3cnc(N)s3)C2)ccc1F. The summed E-state index contributed by atoms with van der Waals surface area (Å²) >= 11 is 1.23. The van der Waals surface area contributed by atoms with Crippen LogP contribution in [0.1, 0.15) is 27.2 Å². The number of nitrogens with two attached hydrogens (primary N) is 1. The van der Waals surface area contributed by atoms with Crippen LogP contribution in [0.25, 0.3) is 0 Å². The van der Waals surface area contributed by atoms with Gasteiger partial charge in [-0.2, -0.15) is 0 Å². The predicted octanol–water partition coefficient (Wildman–Crippen LogP) is 2.88. The molecule has 1 aromatic heterocycles. The van der Waals surface area contributed by atoms with Gasteiger partial charge in [0.25, 0.3) is 5.91 Å². The molecule has 1 amide bonds. The van der Waals surface area contributed by atoms with Crippen molar-refractivity contribution in [2.24, 2.45) is 5.92 Å². The number of aromatic nitrogens is 1. The smallest absolute Gasteiger partial charge is 0.265 e. The summed E-state index contributed by atoms with van der Waals surface area (Å²) in [5.41, 5.74) is 7.37. The Bertz CT molecular complexity index is 700. The predicted molar refractivity (Wildman–Crippen MR) is 85.4 cm³/mol. The minimum Gasteiger partial charge on any atom is -0.375 e. The number of carbonyl (C=O) groups is 1. The van der Waals surface area contributed by atoms with E-state index < -0.39 is 0 Å². The Balaban J connectivity index is 1.62. The van der Waals surface area contributed by atoms with Crippen LogP contribution >= 0.6 is 11.3 Å². The normalized spacial score (nSPS) is 17.9. The lowest BCUT2D eigenvalue weighted by Gasteiger charge is -2.15. The van der Waals surface area contributed by atoms with E-state index in [-0.39, 0.29) is 11.7 Å². The van der Waals surface area contributed by atoms with E-state index in [9.17, 15) is 9.18 Å². The molecule has 3 rings (SSSR count). The molecule has 0 bridgehead atoms. The van der Waals surface area contributed by atoms with Gasteiger partial charge in [0.2, 0.25) is 0 Å². The van der Waals surface area contributed by atoms with Crippen LogP contribution in [-0.4, -0.2) is 28.9 Å². The van der Waals surface area contributed by atoms with Gasteiger partial charge in [-0.25, -0.2) is 9.37 Å². The number of benzene rings is 1. The largest absolute Gasteiger partial charge is 0.375 e. The summed E-state index contributed by atoms with van der Waals surface area (Å²) in [6, 6.07) is 5.24. The fourth-order valence-electron chi connectivity index (χ4n) is 2.89. The average molecular weight is 319 g/mol. The molecule has 22 heavy (non-hydrogen) atoms. The molecule has 116 valence electrons. The first-order valence-electron chi connectivity index (χ1n) is 7.28. The van der Waals surface area contributed by atoms with Gasteiger partial charge in [-0.15, -0.1) is 0 Å². The molecule has 1 unspecified atom stereocenters. The molecule has 0 saturated carbocycles. The highest BCUT2D eigenvalue weighted by Gasteiger charge is 2.28. The number of thiazole rings is 1. The number of nitrogens with zero attached hydrogens (tertiary/aromatic N) is 2. The van der Waals surface area contributed by atoms with E-state index in [1.54, 1.807) is 13.1 Å². The van der Waals surface area contributed by atoms with E-state index in [1.165, 1.54) is 17.4 Å². The van der Waals surface area contributed by atoms with Crippen LogP contribution in [0.4, 0.5) is 9.52 Å². The molecule has 1 saturated heterocycles. The van der Waals surface area contributed by atoms with Crippen LogP contribution in [-0.2, 0) is 6.42 Å². The first-order valence-corrected chi connectivity index (χ1v) is 8.10. The second kappa shape index (κ2) is 6.04. The van der Waals surface area contributed by atoms with E-state index in [1.807, 2.05) is 17.0 Å². The molecule has 1 aromatic carbocycles. The zero-order valence-electron chi connectivity index (χ0n) is 12.4. The Labute approximate surface area is 132 Å². The first kappa shape index (κ1) is 15.0. The minimum absolute atomic E-state index is 0.00647. The molecule has 1 aliphatic heterocycles. The van der Waals surface area contributed by atoms with Crippen molar-refractivity contribution in [2.75, 3.05) is 18.8 Å². The van der Waals surface area contributed by atoms with Crippen molar-refractivity contribution in [1.82, 2.24) is 9.88 Å². The monoisotopic (exact) mass is 319 g/mol. The average Bonchev–Trinajstić information content (AvgIpc) is 3.11. The number of carbonyl (C=O) groups excluding carboxylic acids is 1. The molecule has 2 aromatic rings. The Kier molecular flexibility index (Phi) is 4.11. The summed E-state index contributed by atoms with van der Waals surface area (Å²) in [5.74, 6) is 0.251. The Morgan fingerprint density at radius 2 is 2.36 bits per heavy atom. The van der Waals surface area contributed by atoms with Gasteiger partial charge >= 0.3 is 0 Å². The molecule has 0 radical (unpaired) electrons. The van der Waals surface area contributed by atoms with E-state index in [0.29, 0.717) is 21.5 Å². The third-order valence-electron chi connectivity index (χ3n) is 4.05. The Morgan fingerprint density at radius 3 is 3.05 bits per heavy atom. The number of anilines is 1. The molecular formula is C16H18FN3OS. The topological polar surface area (TPSA) is 59.2 Å². The molecule has 4 nitrogen and oxygen atoms in total. The van der Waals surface area contributed by atoms with Gasteiger partial charge in [0.1, 0.15) is 10.7 Å². The summed E-state index contributed by atoms with van der Waals surface area (Å²) < 4.78 is 13.3. The first-order chi connectivity index (χ1) is 10.5. The molecule has 1 fully saturated rings. The highest BCUT2D eigenvalue weighted by atomic mass is 32.1. The molecule has 6 heteroatoms. The maximum atomic E-state index is 13.3. The van der Waals surface area contributed by atoms with Crippen LogP contribution in [0.15, 0.2) is 24.4 Å². The number of hydrogen-bond acceptors (Lipinski definition) is 4. The second-order valence-corrected chi connectivity index (χ2v) is 6.82. The maximum Gasteiger partial charge on any atom is 0.265 e. The summed E-state index contributed by atoms with van der Waals surface area (Å²) in [6.07, 6.45) is 3.38. The van der Waals surface area contributed by atoms with E-state index in [0.717, 1.165) is 31.5 Å². The second-order valence-electron chi connectivity index (χ2n) is 5.76. The number of amides is 1. The Morgan fingerprint density at radius 1 is 1.55 bits per heavy atom. The highest BCUT2D eigenvalue weighted by molar-refractivity contribution is 7.17. The van der Waals surface area contributed by atoms with Gasteiger partial charge < -0.3 is 10.6 Å². The minimum atomic E-state index is -0.172. The molecule has 2 heterocycles. The zero-order chi connectivity index (χ0) is 15.7. The zero-order valence-corrected chi connectivity index (χ0v) is 13.2. The fourth-order valence-corrected chi connectivity index (χ4v) is 3.55. The number of hydrogen-bond donors (Lipinski definition) is 1. The third-order valence-corrected chi connectivity index (χ3v) is 4.87. The van der Waals surface area contributed by atoms with Crippen LogP contribution in [0, 0.1) is 18.7 Å². The van der Waals surface area contributed by atoms with Crippen molar-refractivity contribution in [3.63, 3.8) is 0 Å². The number of halogens is 1. The standard InChI is InChI=1S/C16H18FN3OS/c1-10-6-11(2-3-13(10)17)7-12-4-5-20(9-12)15(21)14-8-19-16(18)22-14/h2-3,6,8,12H,4-5,7,9H2,1H3,(H2,18,19). The van der Waals surface area contributed by atoms with Crippen LogP contribution < -0.4 is 5.73 Å². The van der Waals surface area contributed by atoms with Gasteiger partial charge in [-0.05, 0) is 42.9 Å². The lowest BCUT2D eigenvalue weighted by Crippen LogP contribution is -2.28. The van der Waals surface area contributed by atoms with Gasteiger partial charge in [0.15, 0.2) is 5.13 Å². The van der Waals surface area contributed by atoms with E-state index in [2.05, 4.69) is 4.98 Å². The number of rotatable bonds is 3. The van der Waals surface area contributed by atoms with Gasteiger partial charge in [0, 0.05) is 13.1 Å². The van der Waals surface area contributed by atoms with E-state index in [4.69, 9.17) is 5.73 Å². The lowest BCUT2D eigenvalue weighted by molar-refractivity contribution is 0.0791. The fraction of sp³-hybridized carbons (Fsp3) is 0.375. The van der Waals surface area contributed by atoms with Crippen LogP contribution in [0.2, 0.25) is 0 Å². The molecule has 2 N–H and O–H groups in total. The van der Waals surface area contributed by atoms with E-state index >= 15 is 0 Å². The summed E-state index contributed by atoms with van der Waals surface area (Å²) in [6.45, 7) is 3.26. The third kappa shape index (κ3) is 3.11. The molecule has 1 atom stereocenters. The lowest BCUT2D eigenvalue weighted by atomic mass is 9.97. The number of aryl methyl sites for hydroxylation is 1. The summed E-state index contributed by atoms with van der Waals surface area (Å²) in [7, 11) is 0. The van der Waals surface area contributed by atoms with Crippen molar-refractivity contribution >= 4 is 22.4 Å². The molecule has 0 spiro atoms. The van der Waals surface area contributed by atoms with Crippen LogP contribution in [0.3, 0.4) is 0 Å². The maximum absolute atomic E-state index is 13.3. The summed E-state index contributed by atoms with van der Waals surface area (Å²) in [5, 5.41) is 0.417. The van der Waals surface area contributed by atoms with Crippen molar-refractivity contribution in [3.05, 3.63) is 46.2 Å². The summed E-state index contributed by atoms with van der Waals surface area (Å²) in [4.78, 5) is 18.7. The molecule has 0 aliphatic carbocycles. The van der Waals surface area contributed by atoms with Gasteiger partial charge in [-0.3, -0.25) is 4.79 Å². The quantitative estimate of drug-likeness (QED) is 0.946. The Hall–Kier alpha value is -1.95. The van der Waals surface area contributed by atoms with Gasteiger partial charge in [0.05, 0.1) is 6.20 Å². The number of likely N-dealkylation sites (tertiary alicyclic amines) is 1. The van der Waals surface area contributed by atoms with Crippen LogP contribution in [0.5, 0.6) is 0 Å².